The average Bonchev–Trinajstić information content (AvgIpc) is 2.49. The summed E-state index contributed by atoms with van der Waals surface area (Å²) in [5.41, 5.74) is 2.72. The monoisotopic (exact) mass is 270 g/mol. The van der Waals surface area contributed by atoms with Gasteiger partial charge in [-0.15, -0.1) is 0 Å². The van der Waals surface area contributed by atoms with Gasteiger partial charge in [-0.3, -0.25) is 9.78 Å². The van der Waals surface area contributed by atoms with Crippen LogP contribution < -0.4 is 0 Å². The zero-order valence-corrected chi connectivity index (χ0v) is 11.3. The molecule has 1 aromatic heterocycles. The molecule has 0 fully saturated rings. The second-order valence-corrected chi connectivity index (χ2v) is 5.02. The summed E-state index contributed by atoms with van der Waals surface area (Å²) in [6, 6.07) is 8.75. The van der Waals surface area contributed by atoms with Crippen LogP contribution in [0.15, 0.2) is 36.5 Å². The summed E-state index contributed by atoms with van der Waals surface area (Å²) in [7, 11) is 0. The minimum absolute atomic E-state index is 0.150. The first-order valence-corrected chi connectivity index (χ1v) is 6.64. The molecule has 0 atom stereocenters. The number of rotatable bonds is 1. The Morgan fingerprint density at radius 3 is 3.00 bits per heavy atom. The van der Waals surface area contributed by atoms with Crippen LogP contribution in [0.1, 0.15) is 27.2 Å². The molecule has 2 aromatic rings. The lowest BCUT2D eigenvalue weighted by molar-refractivity contribution is 0.0728. The second-order valence-electron chi connectivity index (χ2n) is 5.02. The molecule has 2 heterocycles. The van der Waals surface area contributed by atoms with Crippen LogP contribution in [0.5, 0.6) is 0 Å². The Morgan fingerprint density at radius 2 is 2.15 bits per heavy atom. The normalized spacial score (nSPS) is 14.0. The molecule has 1 aliphatic rings. The lowest BCUT2D eigenvalue weighted by atomic mass is 10.0. The molecule has 1 aromatic carbocycles. The molecule has 0 radical (unpaired) electrons. The zero-order valence-electron chi connectivity index (χ0n) is 11.3. The Bertz CT molecular complexity index is 669. The summed E-state index contributed by atoms with van der Waals surface area (Å²) in [5, 5.41) is 0. The molecule has 20 heavy (non-hydrogen) atoms. The summed E-state index contributed by atoms with van der Waals surface area (Å²) >= 11 is 0. The van der Waals surface area contributed by atoms with Crippen LogP contribution in [0.2, 0.25) is 0 Å². The number of hydrogen-bond donors (Lipinski definition) is 0. The fourth-order valence-corrected chi connectivity index (χ4v) is 2.52. The number of aryl methyl sites for hydroxylation is 1. The highest BCUT2D eigenvalue weighted by molar-refractivity contribution is 5.94. The van der Waals surface area contributed by atoms with Gasteiger partial charge in [0, 0.05) is 31.4 Å². The molecule has 4 heteroatoms. The molecular formula is C16H15FN2O. The third-order valence-electron chi connectivity index (χ3n) is 3.67. The highest BCUT2D eigenvalue weighted by atomic mass is 19.1. The van der Waals surface area contributed by atoms with E-state index >= 15 is 0 Å². The molecule has 0 N–H and O–H groups in total. The van der Waals surface area contributed by atoms with Gasteiger partial charge in [-0.1, -0.05) is 18.2 Å². The molecular weight excluding hydrogens is 255 g/mol. The smallest absolute Gasteiger partial charge is 0.257 e. The number of carbonyl (C=O) groups excluding carboxylic acids is 1. The molecule has 0 unspecified atom stereocenters. The maximum atomic E-state index is 14.0. The van der Waals surface area contributed by atoms with E-state index in [2.05, 4.69) is 4.98 Å². The number of amides is 1. The average molecular weight is 270 g/mol. The summed E-state index contributed by atoms with van der Waals surface area (Å²) in [4.78, 5) is 18.4. The van der Waals surface area contributed by atoms with Crippen molar-refractivity contribution in [2.45, 2.75) is 19.9 Å². The molecule has 102 valence electrons. The first-order valence-electron chi connectivity index (χ1n) is 6.64. The van der Waals surface area contributed by atoms with Crippen molar-refractivity contribution in [1.82, 2.24) is 9.88 Å². The number of aromatic nitrogens is 1. The van der Waals surface area contributed by atoms with E-state index in [1.807, 2.05) is 12.1 Å². The Labute approximate surface area is 117 Å². The fraction of sp³-hybridized carbons (Fsp3) is 0.250. The van der Waals surface area contributed by atoms with E-state index in [-0.39, 0.29) is 11.5 Å². The number of carbonyl (C=O) groups is 1. The Hall–Kier alpha value is -2.23. The molecule has 1 amide bonds. The predicted octanol–water partition coefficient (Wildman–Crippen LogP) is 2.73. The van der Waals surface area contributed by atoms with Gasteiger partial charge in [0.05, 0.1) is 5.56 Å². The summed E-state index contributed by atoms with van der Waals surface area (Å²) in [5.74, 6) is -0.671. The lowest BCUT2D eigenvalue weighted by Crippen LogP contribution is -2.36. The van der Waals surface area contributed by atoms with Crippen LogP contribution in [0.4, 0.5) is 4.39 Å². The molecule has 0 spiro atoms. The minimum Gasteiger partial charge on any atom is -0.334 e. The second kappa shape index (κ2) is 5.04. The van der Waals surface area contributed by atoms with E-state index in [1.165, 1.54) is 0 Å². The van der Waals surface area contributed by atoms with Crippen molar-refractivity contribution in [3.63, 3.8) is 0 Å². The standard InChI is InChI=1S/C16H15FN2O/c1-11-4-2-6-13(15(11)17)16(20)19-9-7-14-12(10-19)5-3-8-18-14/h2-6,8H,7,9-10H2,1H3. The minimum atomic E-state index is -0.422. The molecule has 0 saturated carbocycles. The van der Waals surface area contributed by atoms with Crippen molar-refractivity contribution in [2.75, 3.05) is 6.54 Å². The highest BCUT2D eigenvalue weighted by Gasteiger charge is 2.24. The number of hydrogen-bond acceptors (Lipinski definition) is 2. The maximum absolute atomic E-state index is 14.0. The number of pyridine rings is 1. The van der Waals surface area contributed by atoms with Crippen LogP contribution >= 0.6 is 0 Å². The Balaban J connectivity index is 1.88. The highest BCUT2D eigenvalue weighted by Crippen LogP contribution is 2.20. The van der Waals surface area contributed by atoms with Gasteiger partial charge in [0.1, 0.15) is 5.82 Å². The van der Waals surface area contributed by atoms with Crippen LogP contribution in [0.3, 0.4) is 0 Å². The fourth-order valence-electron chi connectivity index (χ4n) is 2.52. The molecule has 0 aliphatic carbocycles. The molecule has 3 rings (SSSR count). The van der Waals surface area contributed by atoms with E-state index in [4.69, 9.17) is 0 Å². The third kappa shape index (κ3) is 2.18. The van der Waals surface area contributed by atoms with Crippen LogP contribution in [0, 0.1) is 12.7 Å². The van der Waals surface area contributed by atoms with Crippen LogP contribution in [-0.2, 0) is 13.0 Å². The first-order chi connectivity index (χ1) is 9.66. The first kappa shape index (κ1) is 12.8. The van der Waals surface area contributed by atoms with Crippen LogP contribution in [-0.4, -0.2) is 22.3 Å². The predicted molar refractivity (Wildman–Crippen MR) is 73.8 cm³/mol. The van der Waals surface area contributed by atoms with Crippen molar-refractivity contribution >= 4 is 5.91 Å². The van der Waals surface area contributed by atoms with Crippen molar-refractivity contribution in [1.29, 1.82) is 0 Å². The van der Waals surface area contributed by atoms with E-state index in [9.17, 15) is 9.18 Å². The van der Waals surface area contributed by atoms with E-state index in [0.29, 0.717) is 18.7 Å². The van der Waals surface area contributed by atoms with Gasteiger partial charge in [0.2, 0.25) is 0 Å². The Kier molecular flexibility index (Phi) is 3.22. The van der Waals surface area contributed by atoms with Crippen LogP contribution in [0.25, 0.3) is 0 Å². The van der Waals surface area contributed by atoms with E-state index < -0.39 is 5.82 Å². The third-order valence-corrected chi connectivity index (χ3v) is 3.67. The quantitative estimate of drug-likeness (QED) is 0.798. The van der Waals surface area contributed by atoms with Gasteiger partial charge in [-0.05, 0) is 30.2 Å². The van der Waals surface area contributed by atoms with E-state index in [0.717, 1.165) is 17.7 Å². The number of benzene rings is 1. The van der Waals surface area contributed by atoms with Crippen molar-refractivity contribution in [3.05, 3.63) is 64.7 Å². The largest absolute Gasteiger partial charge is 0.334 e. The van der Waals surface area contributed by atoms with Gasteiger partial charge >= 0.3 is 0 Å². The summed E-state index contributed by atoms with van der Waals surface area (Å²) in [6.07, 6.45) is 2.48. The van der Waals surface area contributed by atoms with Crippen molar-refractivity contribution < 1.29 is 9.18 Å². The van der Waals surface area contributed by atoms with Gasteiger partial charge < -0.3 is 4.90 Å². The zero-order chi connectivity index (χ0) is 14.1. The van der Waals surface area contributed by atoms with E-state index in [1.54, 1.807) is 36.2 Å². The number of nitrogens with zero attached hydrogens (tertiary/aromatic N) is 2. The maximum Gasteiger partial charge on any atom is 0.257 e. The van der Waals surface area contributed by atoms with Gasteiger partial charge in [0.15, 0.2) is 0 Å². The lowest BCUT2D eigenvalue weighted by Gasteiger charge is -2.28. The van der Waals surface area contributed by atoms with Gasteiger partial charge in [-0.2, -0.15) is 0 Å². The number of fused-ring (bicyclic) bond motifs is 1. The summed E-state index contributed by atoms with van der Waals surface area (Å²) < 4.78 is 14.0. The number of halogens is 1. The van der Waals surface area contributed by atoms with Gasteiger partial charge in [-0.25, -0.2) is 4.39 Å². The molecule has 0 saturated heterocycles. The molecule has 0 bridgehead atoms. The van der Waals surface area contributed by atoms with Crippen molar-refractivity contribution in [3.8, 4) is 0 Å². The van der Waals surface area contributed by atoms with Crippen molar-refractivity contribution in [2.24, 2.45) is 0 Å². The SMILES string of the molecule is Cc1cccc(C(=O)N2CCc3ncccc3C2)c1F. The topological polar surface area (TPSA) is 33.2 Å². The summed E-state index contributed by atoms with van der Waals surface area (Å²) in [6.45, 7) is 2.74. The molecule has 3 nitrogen and oxygen atoms in total. The van der Waals surface area contributed by atoms with Gasteiger partial charge in [0.25, 0.3) is 5.91 Å². The Morgan fingerprint density at radius 1 is 1.30 bits per heavy atom. The molecule has 1 aliphatic heterocycles.